The summed E-state index contributed by atoms with van der Waals surface area (Å²) in [7, 11) is 3.82. The Hall–Kier alpha value is -1.26. The molecule has 3 aliphatic rings. The van der Waals surface area contributed by atoms with E-state index in [1.165, 1.54) is 5.56 Å². The molecule has 2 bridgehead atoms. The van der Waals surface area contributed by atoms with Crippen LogP contribution >= 0.6 is 0 Å². The van der Waals surface area contributed by atoms with E-state index in [1.807, 2.05) is 6.07 Å². The Morgan fingerprint density at radius 3 is 2.91 bits per heavy atom. The first-order valence-corrected chi connectivity index (χ1v) is 8.34. The van der Waals surface area contributed by atoms with E-state index in [0.29, 0.717) is 23.5 Å². The summed E-state index contributed by atoms with van der Waals surface area (Å²) in [5.41, 5.74) is 2.22. The number of likely N-dealkylation sites (tertiary alicyclic amines) is 1. The van der Waals surface area contributed by atoms with Gasteiger partial charge in [0.25, 0.3) is 0 Å². The first-order chi connectivity index (χ1) is 10.6. The molecule has 2 N–H and O–H groups in total. The van der Waals surface area contributed by atoms with Gasteiger partial charge in [-0.1, -0.05) is 6.07 Å². The summed E-state index contributed by atoms with van der Waals surface area (Å²) >= 11 is 0. The minimum atomic E-state index is -0.253. The highest BCUT2D eigenvalue weighted by molar-refractivity contribution is 5.56. The van der Waals surface area contributed by atoms with Crippen molar-refractivity contribution < 1.29 is 14.9 Å². The van der Waals surface area contributed by atoms with Crippen LogP contribution in [0.1, 0.15) is 36.8 Å². The summed E-state index contributed by atoms with van der Waals surface area (Å²) in [6.45, 7) is 1.03. The van der Waals surface area contributed by atoms with Gasteiger partial charge in [-0.15, -0.1) is 0 Å². The average molecular weight is 303 g/mol. The third-order valence-electron chi connectivity index (χ3n) is 6.44. The maximum atomic E-state index is 10.8. The fourth-order valence-electron chi connectivity index (χ4n) is 5.46. The molecule has 1 aromatic rings. The average Bonchev–Trinajstić information content (AvgIpc) is 2.50. The van der Waals surface area contributed by atoms with Gasteiger partial charge >= 0.3 is 0 Å². The van der Waals surface area contributed by atoms with E-state index in [2.05, 4.69) is 18.0 Å². The molecule has 0 spiro atoms. The van der Waals surface area contributed by atoms with E-state index >= 15 is 0 Å². The number of methoxy groups -OCH3 is 1. The molecule has 0 radical (unpaired) electrons. The predicted molar refractivity (Wildman–Crippen MR) is 84.4 cm³/mol. The van der Waals surface area contributed by atoms with Crippen LogP contribution in [0.25, 0.3) is 0 Å². The van der Waals surface area contributed by atoms with E-state index in [4.69, 9.17) is 4.74 Å². The first kappa shape index (κ1) is 14.3. The lowest BCUT2D eigenvalue weighted by Crippen LogP contribution is -2.61. The van der Waals surface area contributed by atoms with E-state index < -0.39 is 0 Å². The normalized spacial score (nSPS) is 37.3. The summed E-state index contributed by atoms with van der Waals surface area (Å²) in [4.78, 5) is 2.48. The van der Waals surface area contributed by atoms with Crippen LogP contribution in [0.15, 0.2) is 12.1 Å². The quantitative estimate of drug-likeness (QED) is 0.834. The van der Waals surface area contributed by atoms with Crippen molar-refractivity contribution in [1.82, 2.24) is 4.90 Å². The van der Waals surface area contributed by atoms with Crippen molar-refractivity contribution in [2.24, 2.45) is 5.92 Å². The molecule has 4 unspecified atom stereocenters. The number of benzene rings is 1. The lowest BCUT2D eigenvalue weighted by Gasteiger charge is -2.59. The van der Waals surface area contributed by atoms with Gasteiger partial charge in [0.1, 0.15) is 0 Å². The number of phenolic OH excluding ortho intramolecular Hbond substituents is 1. The highest BCUT2D eigenvalue weighted by Gasteiger charge is 2.56. The molecule has 1 aromatic carbocycles. The molecule has 2 aliphatic carbocycles. The minimum Gasteiger partial charge on any atom is -0.504 e. The second-order valence-electron chi connectivity index (χ2n) is 7.35. The number of aromatic hydroxyl groups is 1. The Morgan fingerprint density at radius 1 is 1.32 bits per heavy atom. The van der Waals surface area contributed by atoms with Crippen LogP contribution in [0.2, 0.25) is 0 Å². The van der Waals surface area contributed by atoms with Crippen LogP contribution in [0.3, 0.4) is 0 Å². The summed E-state index contributed by atoms with van der Waals surface area (Å²) in [5, 5.41) is 21.1. The number of likely N-dealkylation sites (N-methyl/N-ethyl adjacent to an activating group) is 1. The van der Waals surface area contributed by atoms with Crippen LogP contribution < -0.4 is 4.74 Å². The van der Waals surface area contributed by atoms with Crippen LogP contribution in [0, 0.1) is 5.92 Å². The van der Waals surface area contributed by atoms with Gasteiger partial charge in [0.15, 0.2) is 11.5 Å². The molecule has 22 heavy (non-hydrogen) atoms. The molecule has 2 fully saturated rings. The topological polar surface area (TPSA) is 52.9 Å². The minimum absolute atomic E-state index is 0.0823. The van der Waals surface area contributed by atoms with Crippen molar-refractivity contribution in [2.45, 2.75) is 49.7 Å². The monoisotopic (exact) mass is 303 g/mol. The molecule has 1 aliphatic heterocycles. The molecular formula is C18H25NO3. The van der Waals surface area contributed by atoms with Crippen molar-refractivity contribution in [1.29, 1.82) is 0 Å². The number of phenols is 1. The number of rotatable bonds is 1. The molecule has 1 saturated carbocycles. The number of nitrogens with zero attached hydrogens (tertiary/aromatic N) is 1. The molecule has 4 rings (SSSR count). The third kappa shape index (κ3) is 1.77. The lowest BCUT2D eigenvalue weighted by molar-refractivity contribution is -0.0403. The lowest BCUT2D eigenvalue weighted by atomic mass is 9.51. The maximum Gasteiger partial charge on any atom is 0.161 e. The molecule has 4 atom stereocenters. The standard InChI is InChI=1S/C18H25NO3/c1-19-8-7-18-10-12(20)4-5-13(18)14(19)9-11-3-6-15(22-2)17(21)16(11)18/h3,6,12-14,20-21H,4-5,7-10H2,1-2H3. The van der Waals surface area contributed by atoms with Crippen molar-refractivity contribution in [3.8, 4) is 11.5 Å². The van der Waals surface area contributed by atoms with Gasteiger partial charge in [-0.2, -0.15) is 0 Å². The summed E-state index contributed by atoms with van der Waals surface area (Å²) in [5.74, 6) is 1.39. The Morgan fingerprint density at radius 2 is 2.14 bits per heavy atom. The second-order valence-corrected chi connectivity index (χ2v) is 7.35. The van der Waals surface area contributed by atoms with Crippen LogP contribution in [-0.2, 0) is 11.8 Å². The van der Waals surface area contributed by atoms with Gasteiger partial charge in [-0.25, -0.2) is 0 Å². The van der Waals surface area contributed by atoms with E-state index in [9.17, 15) is 10.2 Å². The zero-order valence-corrected chi connectivity index (χ0v) is 13.4. The molecule has 0 amide bonds. The molecule has 1 saturated heterocycles. The summed E-state index contributed by atoms with van der Waals surface area (Å²) in [6, 6.07) is 4.51. The Balaban J connectivity index is 1.93. The summed E-state index contributed by atoms with van der Waals surface area (Å²) < 4.78 is 5.35. The van der Waals surface area contributed by atoms with Crippen LogP contribution in [0.5, 0.6) is 11.5 Å². The van der Waals surface area contributed by atoms with Gasteiger partial charge in [-0.05, 0) is 63.2 Å². The molecular weight excluding hydrogens is 278 g/mol. The van der Waals surface area contributed by atoms with Gasteiger partial charge in [0.05, 0.1) is 13.2 Å². The SMILES string of the molecule is COc1ccc2c(c1O)C13CCN(C)C(C2)C1CCC(O)C3. The van der Waals surface area contributed by atoms with Gasteiger partial charge in [-0.3, -0.25) is 0 Å². The van der Waals surface area contributed by atoms with Crippen LogP contribution in [-0.4, -0.2) is 48.0 Å². The van der Waals surface area contributed by atoms with Gasteiger partial charge < -0.3 is 19.8 Å². The van der Waals surface area contributed by atoms with Crippen molar-refractivity contribution >= 4 is 0 Å². The molecule has 4 heteroatoms. The Labute approximate surface area is 131 Å². The number of fused-ring (bicyclic) bond motifs is 1. The van der Waals surface area contributed by atoms with E-state index in [-0.39, 0.29) is 11.5 Å². The number of aliphatic hydroxyl groups is 1. The van der Waals surface area contributed by atoms with E-state index in [1.54, 1.807) is 7.11 Å². The number of piperidine rings is 1. The summed E-state index contributed by atoms with van der Waals surface area (Å²) in [6.07, 6.45) is 4.46. The Kier molecular flexibility index (Phi) is 3.17. The van der Waals surface area contributed by atoms with Crippen LogP contribution in [0.4, 0.5) is 0 Å². The number of hydrogen-bond donors (Lipinski definition) is 2. The fraction of sp³-hybridized carbons (Fsp3) is 0.667. The zero-order valence-electron chi connectivity index (χ0n) is 13.4. The maximum absolute atomic E-state index is 10.8. The van der Waals surface area contributed by atoms with Crippen molar-refractivity contribution in [3.63, 3.8) is 0 Å². The molecule has 1 heterocycles. The smallest absolute Gasteiger partial charge is 0.161 e. The highest BCUT2D eigenvalue weighted by atomic mass is 16.5. The predicted octanol–water partition coefficient (Wildman–Crippen LogP) is 2.06. The first-order valence-electron chi connectivity index (χ1n) is 8.34. The number of ether oxygens (including phenoxy) is 1. The van der Waals surface area contributed by atoms with Gasteiger partial charge in [0.2, 0.25) is 0 Å². The molecule has 0 aromatic heterocycles. The van der Waals surface area contributed by atoms with Crippen molar-refractivity contribution in [2.75, 3.05) is 20.7 Å². The third-order valence-corrected chi connectivity index (χ3v) is 6.44. The second kappa shape index (κ2) is 4.87. The largest absolute Gasteiger partial charge is 0.504 e. The number of hydrogen-bond acceptors (Lipinski definition) is 4. The highest BCUT2D eigenvalue weighted by Crippen LogP contribution is 2.58. The Bertz CT molecular complexity index is 602. The van der Waals surface area contributed by atoms with E-state index in [0.717, 1.165) is 44.2 Å². The fourth-order valence-corrected chi connectivity index (χ4v) is 5.46. The molecule has 4 nitrogen and oxygen atoms in total. The number of aliphatic hydroxyl groups excluding tert-OH is 1. The van der Waals surface area contributed by atoms with Gasteiger partial charge in [0, 0.05) is 17.0 Å². The zero-order chi connectivity index (χ0) is 15.5. The molecule has 120 valence electrons. The van der Waals surface area contributed by atoms with Crippen molar-refractivity contribution in [3.05, 3.63) is 23.3 Å².